The zero-order chi connectivity index (χ0) is 21.2. The molecule has 7 nitrogen and oxygen atoms in total. The van der Waals surface area contributed by atoms with E-state index in [1.807, 2.05) is 27.7 Å². The Morgan fingerprint density at radius 3 is 2.59 bits per heavy atom. The average molecular weight is 398 g/mol. The van der Waals surface area contributed by atoms with Crippen molar-refractivity contribution in [1.82, 2.24) is 5.32 Å². The van der Waals surface area contributed by atoms with Crippen molar-refractivity contribution in [3.8, 4) is 5.75 Å². The van der Waals surface area contributed by atoms with Crippen LogP contribution in [0.5, 0.6) is 5.75 Å². The van der Waals surface area contributed by atoms with Gasteiger partial charge in [-0.15, -0.1) is 0 Å². The smallest absolute Gasteiger partial charge is 0.268 e. The van der Waals surface area contributed by atoms with Crippen LogP contribution in [-0.4, -0.2) is 35.8 Å². The highest BCUT2D eigenvalue weighted by Crippen LogP contribution is 2.36. The van der Waals surface area contributed by atoms with Crippen molar-refractivity contribution in [2.24, 2.45) is 0 Å². The van der Waals surface area contributed by atoms with Gasteiger partial charge >= 0.3 is 0 Å². The molecule has 0 saturated carbocycles. The zero-order valence-corrected chi connectivity index (χ0v) is 17.2. The van der Waals surface area contributed by atoms with Gasteiger partial charge in [0.2, 0.25) is 11.7 Å². The normalized spacial score (nSPS) is 16.2. The highest BCUT2D eigenvalue weighted by molar-refractivity contribution is 6.10. The molecular formula is C22H26N2O5. The fourth-order valence-electron chi connectivity index (χ4n) is 3.09. The van der Waals surface area contributed by atoms with Gasteiger partial charge in [-0.1, -0.05) is 13.8 Å². The minimum Gasteiger partial charge on any atom is -0.478 e. The minimum absolute atomic E-state index is 0.145. The molecule has 7 heteroatoms. The first-order chi connectivity index (χ1) is 13.8. The van der Waals surface area contributed by atoms with Crippen LogP contribution in [0.2, 0.25) is 0 Å². The van der Waals surface area contributed by atoms with Gasteiger partial charge in [0.15, 0.2) is 11.9 Å². The van der Waals surface area contributed by atoms with Gasteiger partial charge in [0.25, 0.3) is 5.91 Å². The van der Waals surface area contributed by atoms with Crippen LogP contribution < -0.4 is 15.0 Å². The quantitative estimate of drug-likeness (QED) is 0.723. The number of ether oxygens (including phenoxy) is 1. The monoisotopic (exact) mass is 398 g/mol. The van der Waals surface area contributed by atoms with E-state index in [4.69, 9.17) is 9.15 Å². The molecule has 0 spiro atoms. The molecule has 2 amide bonds. The van der Waals surface area contributed by atoms with Crippen molar-refractivity contribution in [2.45, 2.75) is 52.2 Å². The molecule has 0 aliphatic carbocycles. The number of nitrogens with one attached hydrogen (secondary N) is 1. The number of benzene rings is 1. The predicted octanol–water partition coefficient (Wildman–Crippen LogP) is 3.32. The lowest BCUT2D eigenvalue weighted by molar-refractivity contribution is -0.129. The average Bonchev–Trinajstić information content (AvgIpc) is 3.23. The Bertz CT molecular complexity index is 917. The Kier molecular flexibility index (Phi) is 5.77. The van der Waals surface area contributed by atoms with E-state index in [1.165, 1.54) is 11.2 Å². The van der Waals surface area contributed by atoms with Crippen molar-refractivity contribution in [1.29, 1.82) is 0 Å². The number of carbonyl (C=O) groups excluding carboxylic acids is 3. The van der Waals surface area contributed by atoms with Crippen molar-refractivity contribution in [3.63, 3.8) is 0 Å². The van der Waals surface area contributed by atoms with Crippen LogP contribution in [0.25, 0.3) is 0 Å². The molecule has 29 heavy (non-hydrogen) atoms. The molecule has 2 aromatic rings. The number of nitrogens with zero attached hydrogens (tertiary/aromatic N) is 1. The third-order valence-electron chi connectivity index (χ3n) is 5.10. The summed E-state index contributed by atoms with van der Waals surface area (Å²) in [5.41, 5.74) is 0.377. The van der Waals surface area contributed by atoms with E-state index in [2.05, 4.69) is 5.32 Å². The van der Waals surface area contributed by atoms with Gasteiger partial charge in [-0.25, -0.2) is 0 Å². The SMILES string of the molecule is CCC1Oc2ccc(C(=O)c3ccco3)cc2N(CC(=O)NC(C)(C)CC)C1=O. The first kappa shape index (κ1) is 20.6. The van der Waals surface area contributed by atoms with Gasteiger partial charge in [0.1, 0.15) is 12.3 Å². The highest BCUT2D eigenvalue weighted by atomic mass is 16.5. The Morgan fingerprint density at radius 1 is 1.21 bits per heavy atom. The first-order valence-electron chi connectivity index (χ1n) is 9.77. The van der Waals surface area contributed by atoms with E-state index < -0.39 is 6.10 Å². The molecule has 154 valence electrons. The van der Waals surface area contributed by atoms with Crippen molar-refractivity contribution in [3.05, 3.63) is 47.9 Å². The molecular weight excluding hydrogens is 372 g/mol. The van der Waals surface area contributed by atoms with Crippen molar-refractivity contribution < 1.29 is 23.5 Å². The maximum atomic E-state index is 12.9. The fraction of sp³-hybridized carbons (Fsp3) is 0.409. The molecule has 1 aliphatic heterocycles. The van der Waals surface area contributed by atoms with Crippen LogP contribution in [0.4, 0.5) is 5.69 Å². The van der Waals surface area contributed by atoms with E-state index in [-0.39, 0.29) is 35.4 Å². The summed E-state index contributed by atoms with van der Waals surface area (Å²) in [5.74, 6) is -0.203. The number of carbonyl (C=O) groups is 3. The number of hydrogen-bond donors (Lipinski definition) is 1. The number of fused-ring (bicyclic) bond motifs is 1. The van der Waals surface area contributed by atoms with E-state index in [1.54, 1.807) is 30.3 Å². The maximum absolute atomic E-state index is 12.9. The number of rotatable bonds is 7. The van der Waals surface area contributed by atoms with Gasteiger partial charge in [0, 0.05) is 11.1 Å². The number of furan rings is 1. The second kappa shape index (κ2) is 8.11. The number of amides is 2. The van der Waals surface area contributed by atoms with Gasteiger partial charge in [-0.3, -0.25) is 19.3 Å². The molecule has 0 radical (unpaired) electrons. The summed E-state index contributed by atoms with van der Waals surface area (Å²) in [6.07, 6.45) is 1.99. The molecule has 1 aromatic carbocycles. The summed E-state index contributed by atoms with van der Waals surface area (Å²) in [7, 11) is 0. The largest absolute Gasteiger partial charge is 0.478 e. The first-order valence-corrected chi connectivity index (χ1v) is 9.77. The Morgan fingerprint density at radius 2 is 1.97 bits per heavy atom. The lowest BCUT2D eigenvalue weighted by atomic mass is 10.0. The minimum atomic E-state index is -0.666. The molecule has 1 N–H and O–H groups in total. The zero-order valence-electron chi connectivity index (χ0n) is 17.2. The summed E-state index contributed by atoms with van der Waals surface area (Å²) >= 11 is 0. The van der Waals surface area contributed by atoms with Crippen LogP contribution in [0.3, 0.4) is 0 Å². The van der Waals surface area contributed by atoms with Gasteiger partial charge in [-0.05, 0) is 57.0 Å². The standard InChI is InChI=1S/C22H26N2O5/c1-5-16-21(27)24(13-19(25)23-22(3,4)6-2)15-12-14(9-10-17(15)29-16)20(26)18-8-7-11-28-18/h7-12,16H,5-6,13H2,1-4H3,(H,23,25). The Labute approximate surface area is 170 Å². The van der Waals surface area contributed by atoms with Crippen LogP contribution in [0, 0.1) is 0 Å². The molecule has 0 bridgehead atoms. The topological polar surface area (TPSA) is 88.8 Å². The van der Waals surface area contributed by atoms with Gasteiger partial charge < -0.3 is 14.5 Å². The Hall–Kier alpha value is -3.09. The lowest BCUT2D eigenvalue weighted by Gasteiger charge is -2.35. The van der Waals surface area contributed by atoms with Crippen LogP contribution >= 0.6 is 0 Å². The fourth-order valence-corrected chi connectivity index (χ4v) is 3.09. The summed E-state index contributed by atoms with van der Waals surface area (Å²) in [6.45, 7) is 7.54. The summed E-state index contributed by atoms with van der Waals surface area (Å²) in [6, 6.07) is 8.07. The molecule has 0 saturated heterocycles. The Balaban J connectivity index is 1.93. The van der Waals surface area contributed by atoms with Crippen LogP contribution in [-0.2, 0) is 9.59 Å². The molecule has 1 atom stereocenters. The van der Waals surface area contributed by atoms with Gasteiger partial charge in [0.05, 0.1) is 12.0 Å². The maximum Gasteiger partial charge on any atom is 0.268 e. The van der Waals surface area contributed by atoms with Crippen LogP contribution in [0.1, 0.15) is 56.7 Å². The molecule has 2 heterocycles. The number of ketones is 1. The third-order valence-corrected chi connectivity index (χ3v) is 5.10. The molecule has 0 fully saturated rings. The summed E-state index contributed by atoms with van der Waals surface area (Å²) in [5, 5.41) is 2.94. The predicted molar refractivity (Wildman–Crippen MR) is 108 cm³/mol. The molecule has 1 unspecified atom stereocenters. The van der Waals surface area contributed by atoms with E-state index in [0.717, 1.165) is 6.42 Å². The molecule has 1 aliphatic rings. The van der Waals surface area contributed by atoms with E-state index >= 15 is 0 Å². The highest BCUT2D eigenvalue weighted by Gasteiger charge is 2.35. The van der Waals surface area contributed by atoms with Crippen molar-refractivity contribution >= 4 is 23.3 Å². The molecule has 1 aromatic heterocycles. The lowest BCUT2D eigenvalue weighted by Crippen LogP contribution is -2.52. The summed E-state index contributed by atoms with van der Waals surface area (Å²) < 4.78 is 11.0. The summed E-state index contributed by atoms with van der Waals surface area (Å²) in [4.78, 5) is 39.6. The molecule has 3 rings (SSSR count). The third kappa shape index (κ3) is 4.34. The van der Waals surface area contributed by atoms with Gasteiger partial charge in [-0.2, -0.15) is 0 Å². The second-order valence-corrected chi connectivity index (χ2v) is 7.71. The second-order valence-electron chi connectivity index (χ2n) is 7.71. The van der Waals surface area contributed by atoms with Crippen LogP contribution in [0.15, 0.2) is 41.0 Å². The van der Waals surface area contributed by atoms with Crippen molar-refractivity contribution in [2.75, 3.05) is 11.4 Å². The van der Waals surface area contributed by atoms with E-state index in [0.29, 0.717) is 23.4 Å². The van der Waals surface area contributed by atoms with E-state index in [9.17, 15) is 14.4 Å². The number of anilines is 1. The number of hydrogen-bond acceptors (Lipinski definition) is 5.